The standard InChI is InChI=1S/C15H28N4O3/c1-5-14-16-15(22-17-14)10-18(4)8-13(20)9-19-6-11(2)21-12(3)7-19/h11-13,20H,5-10H2,1-4H3. The zero-order valence-electron chi connectivity index (χ0n) is 14.0. The van der Waals surface area contributed by atoms with Crippen molar-refractivity contribution in [3.8, 4) is 0 Å². The van der Waals surface area contributed by atoms with E-state index >= 15 is 0 Å². The van der Waals surface area contributed by atoms with Crippen molar-refractivity contribution in [1.82, 2.24) is 19.9 Å². The van der Waals surface area contributed by atoms with Crippen LogP contribution in [0.1, 0.15) is 32.5 Å². The fourth-order valence-corrected chi connectivity index (χ4v) is 2.94. The van der Waals surface area contributed by atoms with E-state index in [2.05, 4.69) is 28.9 Å². The number of aromatic nitrogens is 2. The van der Waals surface area contributed by atoms with Gasteiger partial charge in [0.2, 0.25) is 5.89 Å². The summed E-state index contributed by atoms with van der Waals surface area (Å²) in [5.74, 6) is 1.32. The molecule has 1 aliphatic heterocycles. The van der Waals surface area contributed by atoms with Gasteiger partial charge < -0.3 is 14.4 Å². The number of likely N-dealkylation sites (N-methyl/N-ethyl adjacent to an activating group) is 1. The Morgan fingerprint density at radius 1 is 1.36 bits per heavy atom. The highest BCUT2D eigenvalue weighted by Gasteiger charge is 2.24. The maximum absolute atomic E-state index is 10.3. The molecule has 2 rings (SSSR count). The number of ether oxygens (including phenoxy) is 1. The van der Waals surface area contributed by atoms with E-state index in [4.69, 9.17) is 9.26 Å². The number of aliphatic hydroxyl groups is 1. The lowest BCUT2D eigenvalue weighted by Gasteiger charge is -2.36. The SMILES string of the molecule is CCc1noc(CN(C)CC(O)CN2CC(C)OC(C)C2)n1. The van der Waals surface area contributed by atoms with E-state index in [0.717, 1.165) is 25.3 Å². The van der Waals surface area contributed by atoms with Gasteiger partial charge in [-0.2, -0.15) is 4.98 Å². The number of hydrogen-bond acceptors (Lipinski definition) is 7. The lowest BCUT2D eigenvalue weighted by molar-refractivity contribution is -0.0778. The molecule has 3 atom stereocenters. The van der Waals surface area contributed by atoms with E-state index < -0.39 is 6.10 Å². The summed E-state index contributed by atoms with van der Waals surface area (Å²) in [6.45, 7) is 9.66. The summed E-state index contributed by atoms with van der Waals surface area (Å²) < 4.78 is 10.9. The van der Waals surface area contributed by atoms with Crippen LogP contribution in [0.2, 0.25) is 0 Å². The Balaban J connectivity index is 1.74. The Labute approximate surface area is 132 Å². The Morgan fingerprint density at radius 2 is 2.05 bits per heavy atom. The summed E-state index contributed by atoms with van der Waals surface area (Å²) in [7, 11) is 1.95. The van der Waals surface area contributed by atoms with Gasteiger partial charge in [0.25, 0.3) is 0 Å². The monoisotopic (exact) mass is 312 g/mol. The van der Waals surface area contributed by atoms with Gasteiger partial charge in [0, 0.05) is 32.6 Å². The second-order valence-electron chi connectivity index (χ2n) is 6.28. The molecule has 1 aliphatic rings. The highest BCUT2D eigenvalue weighted by molar-refractivity contribution is 4.85. The van der Waals surface area contributed by atoms with Crippen LogP contribution in [0.5, 0.6) is 0 Å². The quantitative estimate of drug-likeness (QED) is 0.787. The fraction of sp³-hybridized carbons (Fsp3) is 0.867. The maximum Gasteiger partial charge on any atom is 0.240 e. The Hall–Kier alpha value is -1.02. The Kier molecular flexibility index (Phi) is 6.31. The lowest BCUT2D eigenvalue weighted by Crippen LogP contribution is -2.49. The molecule has 0 saturated carbocycles. The first-order chi connectivity index (χ1) is 10.5. The molecule has 7 nitrogen and oxygen atoms in total. The molecule has 0 amide bonds. The van der Waals surface area contributed by atoms with Crippen molar-refractivity contribution in [1.29, 1.82) is 0 Å². The minimum absolute atomic E-state index is 0.222. The molecule has 1 aromatic heterocycles. The van der Waals surface area contributed by atoms with E-state index in [1.165, 1.54) is 0 Å². The molecule has 0 aliphatic carbocycles. The Morgan fingerprint density at radius 3 is 2.64 bits per heavy atom. The molecule has 7 heteroatoms. The van der Waals surface area contributed by atoms with Gasteiger partial charge in [0.1, 0.15) is 0 Å². The van der Waals surface area contributed by atoms with Crippen molar-refractivity contribution in [2.45, 2.75) is 52.0 Å². The minimum atomic E-state index is -0.406. The molecule has 1 saturated heterocycles. The smallest absolute Gasteiger partial charge is 0.240 e. The maximum atomic E-state index is 10.3. The number of nitrogens with zero attached hydrogens (tertiary/aromatic N) is 4. The van der Waals surface area contributed by atoms with E-state index in [1.807, 2.05) is 18.9 Å². The van der Waals surface area contributed by atoms with Gasteiger partial charge in [-0.3, -0.25) is 9.80 Å². The van der Waals surface area contributed by atoms with Gasteiger partial charge in [-0.1, -0.05) is 12.1 Å². The first kappa shape index (κ1) is 17.3. The van der Waals surface area contributed by atoms with Crippen molar-refractivity contribution in [2.75, 3.05) is 33.2 Å². The summed E-state index contributed by atoms with van der Waals surface area (Å²) in [5.41, 5.74) is 0. The molecule has 3 unspecified atom stereocenters. The molecule has 1 aromatic rings. The van der Waals surface area contributed by atoms with Crippen molar-refractivity contribution in [3.05, 3.63) is 11.7 Å². The molecule has 2 heterocycles. The molecule has 1 N–H and O–H groups in total. The van der Waals surface area contributed by atoms with Crippen molar-refractivity contribution < 1.29 is 14.4 Å². The fourth-order valence-electron chi connectivity index (χ4n) is 2.94. The van der Waals surface area contributed by atoms with E-state index in [9.17, 15) is 5.11 Å². The van der Waals surface area contributed by atoms with Crippen LogP contribution in [0.3, 0.4) is 0 Å². The van der Waals surface area contributed by atoms with Crippen LogP contribution in [0.4, 0.5) is 0 Å². The number of hydrogen-bond donors (Lipinski definition) is 1. The minimum Gasteiger partial charge on any atom is -0.390 e. The molecule has 0 radical (unpaired) electrons. The number of rotatable bonds is 7. The average molecular weight is 312 g/mol. The highest BCUT2D eigenvalue weighted by Crippen LogP contribution is 2.11. The van der Waals surface area contributed by atoms with E-state index in [0.29, 0.717) is 25.5 Å². The van der Waals surface area contributed by atoms with Crippen molar-refractivity contribution in [2.24, 2.45) is 0 Å². The number of aliphatic hydroxyl groups excluding tert-OH is 1. The number of morpholine rings is 1. The van der Waals surface area contributed by atoms with Crippen LogP contribution < -0.4 is 0 Å². The van der Waals surface area contributed by atoms with Gasteiger partial charge in [-0.15, -0.1) is 0 Å². The molecule has 126 valence electrons. The molecule has 0 spiro atoms. The van der Waals surface area contributed by atoms with E-state index in [1.54, 1.807) is 0 Å². The number of β-amino-alcohol motifs (C(OH)–C–C–N with tert-alkyl or cyclic N) is 1. The second-order valence-corrected chi connectivity index (χ2v) is 6.28. The summed E-state index contributed by atoms with van der Waals surface area (Å²) in [6.07, 6.45) is 0.804. The molecular formula is C15H28N4O3. The second kappa shape index (κ2) is 8.01. The van der Waals surface area contributed by atoms with Crippen molar-refractivity contribution in [3.63, 3.8) is 0 Å². The summed E-state index contributed by atoms with van der Waals surface area (Å²) >= 11 is 0. The first-order valence-electron chi connectivity index (χ1n) is 8.02. The molecule has 22 heavy (non-hydrogen) atoms. The van der Waals surface area contributed by atoms with Crippen LogP contribution in [-0.4, -0.2) is 76.6 Å². The van der Waals surface area contributed by atoms with Gasteiger partial charge >= 0.3 is 0 Å². The van der Waals surface area contributed by atoms with Crippen LogP contribution >= 0.6 is 0 Å². The van der Waals surface area contributed by atoms with E-state index in [-0.39, 0.29) is 12.2 Å². The topological polar surface area (TPSA) is 74.9 Å². The van der Waals surface area contributed by atoms with Crippen LogP contribution in [-0.2, 0) is 17.7 Å². The predicted molar refractivity (Wildman–Crippen MR) is 82.5 cm³/mol. The largest absolute Gasteiger partial charge is 0.390 e. The van der Waals surface area contributed by atoms with Crippen molar-refractivity contribution >= 4 is 0 Å². The third kappa shape index (κ3) is 5.31. The summed E-state index contributed by atoms with van der Waals surface area (Å²) in [4.78, 5) is 8.55. The van der Waals surface area contributed by atoms with Gasteiger partial charge in [0.05, 0.1) is 24.9 Å². The molecule has 1 fully saturated rings. The number of aryl methyl sites for hydroxylation is 1. The van der Waals surface area contributed by atoms with Gasteiger partial charge in [0.15, 0.2) is 5.82 Å². The third-order valence-electron chi connectivity index (χ3n) is 3.72. The lowest BCUT2D eigenvalue weighted by atomic mass is 10.2. The normalized spacial score (nSPS) is 24.8. The molecular weight excluding hydrogens is 284 g/mol. The average Bonchev–Trinajstić information content (AvgIpc) is 2.84. The zero-order valence-corrected chi connectivity index (χ0v) is 14.0. The summed E-state index contributed by atoms with van der Waals surface area (Å²) in [6, 6.07) is 0. The van der Waals surface area contributed by atoms with Gasteiger partial charge in [-0.05, 0) is 20.9 Å². The Bertz CT molecular complexity index is 444. The third-order valence-corrected chi connectivity index (χ3v) is 3.72. The first-order valence-corrected chi connectivity index (χ1v) is 8.02. The zero-order chi connectivity index (χ0) is 16.1. The highest BCUT2D eigenvalue weighted by atomic mass is 16.5. The van der Waals surface area contributed by atoms with Crippen LogP contribution in [0.15, 0.2) is 4.52 Å². The van der Waals surface area contributed by atoms with Crippen LogP contribution in [0.25, 0.3) is 0 Å². The molecule has 0 bridgehead atoms. The predicted octanol–water partition coefficient (Wildman–Crippen LogP) is 0.534. The van der Waals surface area contributed by atoms with Gasteiger partial charge in [-0.25, -0.2) is 0 Å². The van der Waals surface area contributed by atoms with Crippen LogP contribution in [0, 0.1) is 0 Å². The summed E-state index contributed by atoms with van der Waals surface area (Å²) in [5, 5.41) is 14.2. The molecule has 0 aromatic carbocycles.